The summed E-state index contributed by atoms with van der Waals surface area (Å²) in [7, 11) is 0. The summed E-state index contributed by atoms with van der Waals surface area (Å²) in [5, 5.41) is 5.10. The van der Waals surface area contributed by atoms with E-state index < -0.39 is 0 Å². The molecule has 3 atom stereocenters. The fourth-order valence-corrected chi connectivity index (χ4v) is 2.89. The van der Waals surface area contributed by atoms with E-state index in [1.807, 2.05) is 0 Å². The fraction of sp³-hybridized carbons (Fsp3) is 0.857. The molecule has 0 aromatic heterocycles. The maximum absolute atomic E-state index is 11.8. The number of hydrogen-bond donors (Lipinski definition) is 3. The average molecular weight is 270 g/mol. The predicted molar refractivity (Wildman–Crippen MR) is 75.0 cm³/mol. The van der Waals surface area contributed by atoms with E-state index in [1.165, 1.54) is 11.3 Å². The first-order valence-corrected chi connectivity index (χ1v) is 7.42. The van der Waals surface area contributed by atoms with E-state index in [0.717, 1.165) is 25.9 Å². The van der Waals surface area contributed by atoms with Crippen LogP contribution in [0.2, 0.25) is 0 Å². The van der Waals surface area contributed by atoms with Crippen molar-refractivity contribution in [3.63, 3.8) is 0 Å². The molecule has 3 N–H and O–H groups in total. The maximum atomic E-state index is 11.8. The van der Waals surface area contributed by atoms with Gasteiger partial charge in [-0.3, -0.25) is 10.1 Å². The highest BCUT2D eigenvalue weighted by Gasteiger charge is 2.26. The molecular weight excluding hydrogens is 242 g/mol. The zero-order valence-electron chi connectivity index (χ0n) is 12.4. The summed E-state index contributed by atoms with van der Waals surface area (Å²) < 4.78 is 0. The Labute approximate surface area is 116 Å². The molecule has 0 aromatic carbocycles. The van der Waals surface area contributed by atoms with Gasteiger partial charge in [-0.1, -0.05) is 27.2 Å². The van der Waals surface area contributed by atoms with Gasteiger partial charge < -0.3 is 10.2 Å². The second kappa shape index (κ2) is 8.15. The third-order valence-electron chi connectivity index (χ3n) is 3.56. The van der Waals surface area contributed by atoms with E-state index >= 15 is 0 Å². The monoisotopic (exact) mass is 270 g/mol. The van der Waals surface area contributed by atoms with Crippen molar-refractivity contribution in [3.05, 3.63) is 0 Å². The second-order valence-corrected chi connectivity index (χ2v) is 5.94. The number of nitrogens with one attached hydrogen (secondary N) is 3. The Kier molecular flexibility index (Phi) is 6.84. The van der Waals surface area contributed by atoms with Crippen LogP contribution in [-0.2, 0) is 4.79 Å². The van der Waals surface area contributed by atoms with E-state index in [4.69, 9.17) is 0 Å². The molecule has 1 saturated heterocycles. The van der Waals surface area contributed by atoms with Crippen molar-refractivity contribution in [2.24, 2.45) is 11.8 Å². The van der Waals surface area contributed by atoms with Crippen LogP contribution >= 0.6 is 0 Å². The van der Waals surface area contributed by atoms with Crippen LogP contribution in [0.15, 0.2) is 0 Å². The molecule has 0 bridgehead atoms. The molecule has 3 amide bonds. The highest BCUT2D eigenvalue weighted by molar-refractivity contribution is 5.94. The first-order valence-electron chi connectivity index (χ1n) is 7.42. The van der Waals surface area contributed by atoms with Gasteiger partial charge >= 0.3 is 6.03 Å². The largest absolute Gasteiger partial charge is 0.338 e. The Morgan fingerprint density at radius 2 is 1.84 bits per heavy atom. The molecule has 0 radical (unpaired) electrons. The van der Waals surface area contributed by atoms with Crippen LogP contribution < -0.4 is 15.5 Å². The minimum Gasteiger partial charge on any atom is -0.338 e. The van der Waals surface area contributed by atoms with Gasteiger partial charge in [-0.2, -0.15) is 0 Å². The lowest BCUT2D eigenvalue weighted by Crippen LogP contribution is -3.15. The minimum atomic E-state index is -0.365. The number of hydrogen-bond acceptors (Lipinski definition) is 2. The van der Waals surface area contributed by atoms with Crippen LogP contribution in [0.4, 0.5) is 4.79 Å². The van der Waals surface area contributed by atoms with Crippen LogP contribution in [-0.4, -0.2) is 38.1 Å². The van der Waals surface area contributed by atoms with Crippen molar-refractivity contribution < 1.29 is 14.5 Å². The van der Waals surface area contributed by atoms with Crippen molar-refractivity contribution in [1.29, 1.82) is 0 Å². The Morgan fingerprint density at radius 3 is 2.42 bits per heavy atom. The SMILES string of the molecule is CCCCNC(=O)NC(=O)C[NH+]1C[C@H](C)C[C@H](C)C1. The predicted octanol–water partition coefficient (Wildman–Crippen LogP) is 0.173. The van der Waals surface area contributed by atoms with Crippen molar-refractivity contribution >= 4 is 11.9 Å². The minimum absolute atomic E-state index is 0.176. The molecule has 1 aliphatic rings. The van der Waals surface area contributed by atoms with E-state index in [9.17, 15) is 9.59 Å². The van der Waals surface area contributed by atoms with Crippen LogP contribution in [0, 0.1) is 11.8 Å². The molecule has 19 heavy (non-hydrogen) atoms. The summed E-state index contributed by atoms with van der Waals surface area (Å²) in [5.74, 6) is 1.14. The molecule has 1 unspecified atom stereocenters. The molecule has 5 heteroatoms. The van der Waals surface area contributed by atoms with Gasteiger partial charge in [0.25, 0.3) is 5.91 Å². The van der Waals surface area contributed by atoms with Gasteiger partial charge in [0.2, 0.25) is 0 Å². The molecule has 1 aliphatic heterocycles. The van der Waals surface area contributed by atoms with Crippen molar-refractivity contribution in [2.75, 3.05) is 26.2 Å². The fourth-order valence-electron chi connectivity index (χ4n) is 2.89. The number of rotatable bonds is 5. The second-order valence-electron chi connectivity index (χ2n) is 5.94. The van der Waals surface area contributed by atoms with Gasteiger partial charge in [-0.25, -0.2) is 4.79 Å². The van der Waals surface area contributed by atoms with E-state index in [-0.39, 0.29) is 11.9 Å². The molecular formula is C14H28N3O2+. The smallest absolute Gasteiger partial charge is 0.321 e. The quantitative estimate of drug-likeness (QED) is 0.624. The van der Waals surface area contributed by atoms with E-state index in [0.29, 0.717) is 24.9 Å². The number of imide groups is 1. The third-order valence-corrected chi connectivity index (χ3v) is 3.56. The van der Waals surface area contributed by atoms with Gasteiger partial charge in [-0.05, 0) is 12.8 Å². The van der Waals surface area contributed by atoms with Gasteiger partial charge in [0.05, 0.1) is 13.1 Å². The van der Waals surface area contributed by atoms with E-state index in [2.05, 4.69) is 31.4 Å². The molecule has 5 nitrogen and oxygen atoms in total. The third kappa shape index (κ3) is 6.57. The highest BCUT2D eigenvalue weighted by atomic mass is 16.2. The van der Waals surface area contributed by atoms with Crippen LogP contribution in [0.5, 0.6) is 0 Å². The lowest BCUT2D eigenvalue weighted by molar-refractivity contribution is -0.904. The molecule has 110 valence electrons. The number of urea groups is 1. The lowest BCUT2D eigenvalue weighted by atomic mass is 9.92. The Morgan fingerprint density at radius 1 is 1.21 bits per heavy atom. The van der Waals surface area contributed by atoms with Gasteiger partial charge in [0.1, 0.15) is 0 Å². The average Bonchev–Trinajstić information content (AvgIpc) is 2.27. The molecule has 1 rings (SSSR count). The number of carbonyl (C=O) groups is 2. The van der Waals surface area contributed by atoms with Crippen molar-refractivity contribution in [2.45, 2.75) is 40.0 Å². The Balaban J connectivity index is 2.24. The van der Waals surface area contributed by atoms with E-state index in [1.54, 1.807) is 0 Å². The van der Waals surface area contributed by atoms with Gasteiger partial charge in [0.15, 0.2) is 6.54 Å². The summed E-state index contributed by atoms with van der Waals surface area (Å²) in [5.41, 5.74) is 0. The first kappa shape index (κ1) is 16.0. The summed E-state index contributed by atoms with van der Waals surface area (Å²) in [6, 6.07) is -0.365. The summed E-state index contributed by atoms with van der Waals surface area (Å²) in [4.78, 5) is 24.5. The summed E-state index contributed by atoms with van der Waals surface area (Å²) in [6.07, 6.45) is 3.21. The van der Waals surface area contributed by atoms with Gasteiger partial charge in [0, 0.05) is 18.4 Å². The number of carbonyl (C=O) groups excluding carboxylic acids is 2. The summed E-state index contributed by atoms with van der Waals surface area (Å²) in [6.45, 7) is 9.59. The number of unbranched alkanes of at least 4 members (excludes halogenated alkanes) is 1. The van der Waals surface area contributed by atoms with Crippen molar-refractivity contribution in [1.82, 2.24) is 10.6 Å². The van der Waals surface area contributed by atoms with Crippen LogP contribution in [0.1, 0.15) is 40.0 Å². The number of quaternary nitrogens is 1. The highest BCUT2D eigenvalue weighted by Crippen LogP contribution is 2.11. The molecule has 0 spiro atoms. The molecule has 0 saturated carbocycles. The standard InChI is InChI=1S/C14H27N3O2/c1-4-5-6-15-14(19)16-13(18)10-17-8-11(2)7-12(3)9-17/h11-12H,4-10H2,1-3H3,(H2,15,16,18,19)/p+1/t11-,12+. The van der Waals surface area contributed by atoms with Crippen LogP contribution in [0.25, 0.3) is 0 Å². The van der Waals surface area contributed by atoms with Crippen LogP contribution in [0.3, 0.4) is 0 Å². The molecule has 0 aliphatic carbocycles. The normalized spacial score (nSPS) is 26.8. The number of piperidine rings is 1. The number of amides is 3. The molecule has 0 aromatic rings. The number of likely N-dealkylation sites (tertiary alicyclic amines) is 1. The molecule has 1 fully saturated rings. The summed E-state index contributed by atoms with van der Waals surface area (Å²) >= 11 is 0. The lowest BCUT2D eigenvalue weighted by Gasteiger charge is -2.31. The topological polar surface area (TPSA) is 62.6 Å². The Hall–Kier alpha value is -1.10. The zero-order valence-corrected chi connectivity index (χ0v) is 12.4. The zero-order chi connectivity index (χ0) is 14.3. The first-order chi connectivity index (χ1) is 9.01. The van der Waals surface area contributed by atoms with Gasteiger partial charge in [-0.15, -0.1) is 0 Å². The van der Waals surface area contributed by atoms with Crippen molar-refractivity contribution in [3.8, 4) is 0 Å². The Bertz CT molecular complexity index is 297. The molecule has 1 heterocycles. The maximum Gasteiger partial charge on any atom is 0.321 e.